The molecule has 7 nitrogen and oxygen atoms in total. The Bertz CT molecular complexity index is 809. The minimum absolute atomic E-state index is 0.0674. The number of nitrogens with one attached hydrogen (secondary N) is 1. The van der Waals surface area contributed by atoms with Gasteiger partial charge in [0.05, 0.1) is 18.5 Å². The Morgan fingerprint density at radius 2 is 2.04 bits per heavy atom. The highest BCUT2D eigenvalue weighted by Crippen LogP contribution is 2.37. The summed E-state index contributed by atoms with van der Waals surface area (Å²) in [5, 5.41) is 3.29. The van der Waals surface area contributed by atoms with E-state index in [-0.39, 0.29) is 12.5 Å². The van der Waals surface area contributed by atoms with E-state index in [1.165, 1.54) is 23.2 Å². The van der Waals surface area contributed by atoms with E-state index in [4.69, 9.17) is 16.3 Å². The summed E-state index contributed by atoms with van der Waals surface area (Å²) in [5.74, 6) is 0.833. The van der Waals surface area contributed by atoms with Crippen LogP contribution in [0.15, 0.2) is 18.2 Å². The van der Waals surface area contributed by atoms with E-state index >= 15 is 0 Å². The highest BCUT2D eigenvalue weighted by atomic mass is 35.5. The van der Waals surface area contributed by atoms with E-state index in [0.29, 0.717) is 23.0 Å². The van der Waals surface area contributed by atoms with Gasteiger partial charge in [0.15, 0.2) is 6.10 Å². The summed E-state index contributed by atoms with van der Waals surface area (Å²) in [6, 6.07) is 4.73. The summed E-state index contributed by atoms with van der Waals surface area (Å²) in [5.41, 5.74) is 0.360. The number of nitrogens with zero attached hydrogens (tertiary/aromatic N) is 2. The minimum Gasteiger partial charge on any atom is -0.476 e. The van der Waals surface area contributed by atoms with Crippen molar-refractivity contribution in [2.75, 3.05) is 43.3 Å². The topological polar surface area (TPSA) is 79.0 Å². The fourth-order valence-corrected chi connectivity index (χ4v) is 4.66. The van der Waals surface area contributed by atoms with Crippen LogP contribution >= 0.6 is 11.6 Å². The van der Waals surface area contributed by atoms with E-state index in [2.05, 4.69) is 17.1 Å². The lowest BCUT2D eigenvalue weighted by Crippen LogP contribution is -2.50. The number of fused-ring (bicyclic) bond motifs is 1. The Kier molecular flexibility index (Phi) is 6.73. The number of hydrogen-bond donors (Lipinski definition) is 1. The zero-order valence-corrected chi connectivity index (χ0v) is 17.9. The lowest BCUT2D eigenvalue weighted by Gasteiger charge is -2.34. The predicted molar refractivity (Wildman–Crippen MR) is 111 cm³/mol. The normalized spacial score (nSPS) is 21.1. The summed E-state index contributed by atoms with van der Waals surface area (Å²) in [7, 11) is -3.56. The SMILES string of the molecule is CC1CCN(CCCNC(=O)[C@@H]2CN(S(C)(=O)=O)c3cc(Cl)ccc3O2)CC1. The van der Waals surface area contributed by atoms with Crippen LogP contribution in [0, 0.1) is 5.92 Å². The second-order valence-corrected chi connectivity index (χ2v) is 10.0. The average molecular weight is 430 g/mol. The monoisotopic (exact) mass is 429 g/mol. The van der Waals surface area contributed by atoms with E-state index in [9.17, 15) is 13.2 Å². The summed E-state index contributed by atoms with van der Waals surface area (Å²) in [6.07, 6.45) is 3.53. The van der Waals surface area contributed by atoms with Crippen molar-refractivity contribution in [2.45, 2.75) is 32.3 Å². The molecule has 9 heteroatoms. The molecule has 0 radical (unpaired) electrons. The Balaban J connectivity index is 1.55. The van der Waals surface area contributed by atoms with Crippen molar-refractivity contribution < 1.29 is 17.9 Å². The van der Waals surface area contributed by atoms with Crippen molar-refractivity contribution in [3.8, 4) is 5.75 Å². The average Bonchev–Trinajstić information content (AvgIpc) is 2.64. The number of carbonyl (C=O) groups excluding carboxylic acids is 1. The predicted octanol–water partition coefficient (Wildman–Crippen LogP) is 2.11. The maximum Gasteiger partial charge on any atom is 0.263 e. The number of sulfonamides is 1. The molecule has 0 unspecified atom stereocenters. The van der Waals surface area contributed by atoms with Crippen LogP contribution in [0.1, 0.15) is 26.2 Å². The van der Waals surface area contributed by atoms with Crippen molar-refractivity contribution in [3.63, 3.8) is 0 Å². The number of hydrogen-bond acceptors (Lipinski definition) is 5. The first kappa shape index (κ1) is 21.2. The highest BCUT2D eigenvalue weighted by molar-refractivity contribution is 7.92. The zero-order chi connectivity index (χ0) is 20.3. The maximum atomic E-state index is 12.5. The van der Waals surface area contributed by atoms with Crippen LogP contribution in [0.4, 0.5) is 5.69 Å². The molecule has 2 aliphatic rings. The lowest BCUT2D eigenvalue weighted by molar-refractivity contribution is -0.127. The Morgan fingerprint density at radius 3 is 2.71 bits per heavy atom. The first-order valence-electron chi connectivity index (χ1n) is 9.68. The van der Waals surface area contributed by atoms with Crippen LogP contribution in [-0.4, -0.2) is 64.3 Å². The van der Waals surface area contributed by atoms with E-state index in [1.54, 1.807) is 12.1 Å². The van der Waals surface area contributed by atoms with Crippen LogP contribution in [0.2, 0.25) is 5.02 Å². The molecule has 0 spiro atoms. The Labute approximate surface area is 172 Å². The van der Waals surface area contributed by atoms with Gasteiger partial charge in [-0.15, -0.1) is 0 Å². The molecule has 0 bridgehead atoms. The first-order chi connectivity index (χ1) is 13.2. The number of amides is 1. The number of benzene rings is 1. The second kappa shape index (κ2) is 8.88. The second-order valence-electron chi connectivity index (χ2n) is 7.68. The van der Waals surface area contributed by atoms with E-state index in [0.717, 1.165) is 38.2 Å². The quantitative estimate of drug-likeness (QED) is 0.700. The fourth-order valence-electron chi connectivity index (χ4n) is 3.59. The molecule has 28 heavy (non-hydrogen) atoms. The molecule has 3 rings (SSSR count). The molecule has 1 fully saturated rings. The fraction of sp³-hybridized carbons (Fsp3) is 0.632. The van der Waals surface area contributed by atoms with Gasteiger partial charge in [-0.2, -0.15) is 0 Å². The molecule has 1 atom stereocenters. The number of anilines is 1. The van der Waals surface area contributed by atoms with Crippen molar-refractivity contribution >= 4 is 33.2 Å². The largest absolute Gasteiger partial charge is 0.476 e. The number of ether oxygens (including phenoxy) is 1. The van der Waals surface area contributed by atoms with Crippen molar-refractivity contribution in [1.29, 1.82) is 0 Å². The number of piperidine rings is 1. The smallest absolute Gasteiger partial charge is 0.263 e. The Morgan fingerprint density at radius 1 is 1.32 bits per heavy atom. The summed E-state index contributed by atoms with van der Waals surface area (Å²) >= 11 is 5.99. The molecular formula is C19H28ClN3O4S. The molecule has 1 aromatic carbocycles. The molecule has 1 amide bonds. The van der Waals surface area contributed by atoms with E-state index in [1.807, 2.05) is 0 Å². The van der Waals surface area contributed by atoms with Crippen LogP contribution in [-0.2, 0) is 14.8 Å². The van der Waals surface area contributed by atoms with Crippen LogP contribution in [0.5, 0.6) is 5.75 Å². The van der Waals surface area contributed by atoms with Crippen molar-refractivity contribution in [3.05, 3.63) is 23.2 Å². The number of likely N-dealkylation sites (tertiary alicyclic amines) is 1. The van der Waals surface area contributed by atoms with Crippen LogP contribution < -0.4 is 14.4 Å². The summed E-state index contributed by atoms with van der Waals surface area (Å²) < 4.78 is 31.3. The molecule has 0 aromatic heterocycles. The highest BCUT2D eigenvalue weighted by Gasteiger charge is 2.35. The van der Waals surface area contributed by atoms with Gasteiger partial charge in [0.2, 0.25) is 10.0 Å². The van der Waals surface area contributed by atoms with Gasteiger partial charge in [-0.1, -0.05) is 18.5 Å². The zero-order valence-electron chi connectivity index (χ0n) is 16.4. The van der Waals surface area contributed by atoms with Gasteiger partial charge in [0, 0.05) is 11.6 Å². The third-order valence-electron chi connectivity index (χ3n) is 5.31. The van der Waals surface area contributed by atoms with Crippen molar-refractivity contribution in [1.82, 2.24) is 10.2 Å². The first-order valence-corrected chi connectivity index (χ1v) is 11.9. The van der Waals surface area contributed by atoms with Gasteiger partial charge in [-0.05, 0) is 63.0 Å². The standard InChI is InChI=1S/C19H28ClN3O4S/c1-14-6-10-22(11-7-14)9-3-8-21-19(24)18-13-23(28(2,25)26)16-12-15(20)4-5-17(16)27-18/h4-5,12,14,18H,3,6-11,13H2,1-2H3,(H,21,24)/t18-/m0/s1. The molecule has 156 valence electrons. The molecule has 2 heterocycles. The van der Waals surface area contributed by atoms with Gasteiger partial charge in [0.25, 0.3) is 5.91 Å². The number of halogens is 1. The molecule has 0 saturated carbocycles. The third-order valence-corrected chi connectivity index (χ3v) is 6.69. The van der Waals surface area contributed by atoms with Crippen molar-refractivity contribution in [2.24, 2.45) is 5.92 Å². The Hall–Kier alpha value is -1.51. The molecule has 1 saturated heterocycles. The molecule has 1 N–H and O–H groups in total. The minimum atomic E-state index is -3.56. The lowest BCUT2D eigenvalue weighted by atomic mass is 9.99. The summed E-state index contributed by atoms with van der Waals surface area (Å²) in [4.78, 5) is 15.0. The maximum absolute atomic E-state index is 12.5. The number of rotatable bonds is 6. The van der Waals surface area contributed by atoms with Gasteiger partial charge < -0.3 is 15.0 Å². The molecule has 1 aromatic rings. The molecule has 0 aliphatic carbocycles. The van der Waals surface area contributed by atoms with Gasteiger partial charge in [-0.25, -0.2) is 8.42 Å². The third kappa shape index (κ3) is 5.30. The number of carbonyl (C=O) groups is 1. The van der Waals surface area contributed by atoms with Gasteiger partial charge in [0.1, 0.15) is 5.75 Å². The van der Waals surface area contributed by atoms with Crippen LogP contribution in [0.25, 0.3) is 0 Å². The van der Waals surface area contributed by atoms with Gasteiger partial charge >= 0.3 is 0 Å². The van der Waals surface area contributed by atoms with Crippen LogP contribution in [0.3, 0.4) is 0 Å². The van der Waals surface area contributed by atoms with E-state index < -0.39 is 16.1 Å². The molecule has 2 aliphatic heterocycles. The molecular weight excluding hydrogens is 402 g/mol. The van der Waals surface area contributed by atoms with Gasteiger partial charge in [-0.3, -0.25) is 9.10 Å². The summed E-state index contributed by atoms with van der Waals surface area (Å²) in [6.45, 7) is 5.94.